The van der Waals surface area contributed by atoms with Crippen LogP contribution in [0.3, 0.4) is 0 Å². The molecule has 1 aliphatic carbocycles. The number of amides is 3. The number of benzene rings is 1. The molecule has 1 saturated carbocycles. The molecule has 1 fully saturated rings. The lowest BCUT2D eigenvalue weighted by molar-refractivity contribution is -0.124. The lowest BCUT2D eigenvalue weighted by atomic mass is 9.83. The van der Waals surface area contributed by atoms with Gasteiger partial charge in [0.2, 0.25) is 5.91 Å². The van der Waals surface area contributed by atoms with Crippen LogP contribution in [-0.4, -0.2) is 40.2 Å². The molecule has 9 heteroatoms. The van der Waals surface area contributed by atoms with E-state index < -0.39 is 11.9 Å². The van der Waals surface area contributed by atoms with E-state index in [1.807, 2.05) is 29.7 Å². The van der Waals surface area contributed by atoms with Gasteiger partial charge in [-0.05, 0) is 73.7 Å². The van der Waals surface area contributed by atoms with Crippen LogP contribution in [0.2, 0.25) is 0 Å². The summed E-state index contributed by atoms with van der Waals surface area (Å²) < 4.78 is 7.65. The summed E-state index contributed by atoms with van der Waals surface area (Å²) in [6, 6.07) is 13.7. The van der Waals surface area contributed by atoms with Crippen LogP contribution < -0.4 is 16.0 Å². The predicted molar refractivity (Wildman–Crippen MR) is 144 cm³/mol. The van der Waals surface area contributed by atoms with Crippen LogP contribution >= 0.6 is 0 Å². The van der Waals surface area contributed by atoms with E-state index in [1.165, 1.54) is 0 Å². The van der Waals surface area contributed by atoms with Gasteiger partial charge in [0, 0.05) is 30.7 Å². The predicted octanol–water partition coefficient (Wildman–Crippen LogP) is 4.58. The molecule has 1 unspecified atom stereocenters. The average Bonchev–Trinajstić information content (AvgIpc) is 3.61. The molecule has 0 aliphatic heterocycles. The molecule has 38 heavy (non-hydrogen) atoms. The van der Waals surface area contributed by atoms with E-state index in [4.69, 9.17) is 4.42 Å². The van der Waals surface area contributed by atoms with E-state index in [0.29, 0.717) is 17.1 Å². The number of rotatable bonds is 7. The van der Waals surface area contributed by atoms with Gasteiger partial charge in [0.15, 0.2) is 5.76 Å². The number of pyridine rings is 1. The number of imidazole rings is 1. The van der Waals surface area contributed by atoms with Crippen molar-refractivity contribution in [1.82, 2.24) is 20.0 Å². The fourth-order valence-corrected chi connectivity index (χ4v) is 5.02. The van der Waals surface area contributed by atoms with Crippen molar-refractivity contribution in [3.05, 3.63) is 77.9 Å². The number of carbonyl (C=O) groups is 3. The fourth-order valence-electron chi connectivity index (χ4n) is 5.02. The summed E-state index contributed by atoms with van der Waals surface area (Å²) in [6.45, 7) is 1.95. The summed E-state index contributed by atoms with van der Waals surface area (Å²) in [6.07, 6.45) is 8.68. The zero-order valence-electron chi connectivity index (χ0n) is 21.5. The van der Waals surface area contributed by atoms with Crippen molar-refractivity contribution in [3.63, 3.8) is 0 Å². The van der Waals surface area contributed by atoms with Crippen molar-refractivity contribution >= 4 is 29.1 Å². The topological polar surface area (TPSA) is 118 Å². The standard InChI is InChI=1S/C29H31N5O4/c1-18-7-6-16-34-17-22(32-26(18)34)27(35)31-21-12-10-19(11-13-21)23-14-15-24(38-23)28(36)33-25(29(37)30-2)20-8-4-3-5-9-20/h6-7,10-17,20,25H,3-5,8-9H2,1-2H3,(H,30,37)(H,31,35)(H,33,36). The van der Waals surface area contributed by atoms with Crippen LogP contribution in [0.1, 0.15) is 58.7 Å². The molecule has 1 atom stereocenters. The summed E-state index contributed by atoms with van der Waals surface area (Å²) >= 11 is 0. The minimum Gasteiger partial charge on any atom is -0.451 e. The first-order valence-corrected chi connectivity index (χ1v) is 12.9. The molecule has 9 nitrogen and oxygen atoms in total. The number of anilines is 1. The number of aryl methyl sites for hydroxylation is 1. The number of hydrogen-bond acceptors (Lipinski definition) is 5. The van der Waals surface area contributed by atoms with Crippen molar-refractivity contribution in [3.8, 4) is 11.3 Å². The number of hydrogen-bond donors (Lipinski definition) is 3. The largest absolute Gasteiger partial charge is 0.451 e. The van der Waals surface area contributed by atoms with Gasteiger partial charge in [0.25, 0.3) is 11.8 Å². The molecule has 1 aromatic carbocycles. The third kappa shape index (κ3) is 5.32. The Morgan fingerprint density at radius 1 is 1.00 bits per heavy atom. The first-order valence-electron chi connectivity index (χ1n) is 12.9. The Morgan fingerprint density at radius 3 is 2.47 bits per heavy atom. The van der Waals surface area contributed by atoms with E-state index in [9.17, 15) is 14.4 Å². The molecular weight excluding hydrogens is 482 g/mol. The monoisotopic (exact) mass is 513 g/mol. The molecule has 196 valence electrons. The Labute approximate surface area is 220 Å². The second-order valence-corrected chi connectivity index (χ2v) is 9.71. The lowest BCUT2D eigenvalue weighted by Gasteiger charge is -2.29. The summed E-state index contributed by atoms with van der Waals surface area (Å²) in [5.41, 5.74) is 3.42. The molecule has 5 rings (SSSR count). The van der Waals surface area contributed by atoms with Crippen LogP contribution in [0.25, 0.3) is 17.0 Å². The summed E-state index contributed by atoms with van der Waals surface area (Å²) in [5.74, 6) is -0.131. The summed E-state index contributed by atoms with van der Waals surface area (Å²) in [4.78, 5) is 42.5. The van der Waals surface area contributed by atoms with Gasteiger partial charge >= 0.3 is 0 Å². The van der Waals surface area contributed by atoms with Crippen molar-refractivity contribution in [2.45, 2.75) is 45.1 Å². The van der Waals surface area contributed by atoms with Gasteiger partial charge in [-0.15, -0.1) is 0 Å². The van der Waals surface area contributed by atoms with Crippen molar-refractivity contribution in [1.29, 1.82) is 0 Å². The quantitative estimate of drug-likeness (QED) is 0.334. The van der Waals surface area contributed by atoms with Gasteiger partial charge in [-0.25, -0.2) is 4.98 Å². The van der Waals surface area contributed by atoms with Gasteiger partial charge in [0.1, 0.15) is 23.1 Å². The molecule has 3 heterocycles. The van der Waals surface area contributed by atoms with Gasteiger partial charge < -0.3 is 24.8 Å². The number of likely N-dealkylation sites (N-methyl/N-ethyl adjacent to an activating group) is 1. The van der Waals surface area contributed by atoms with Gasteiger partial charge in [-0.3, -0.25) is 14.4 Å². The highest BCUT2D eigenvalue weighted by molar-refractivity contribution is 6.03. The molecule has 3 N–H and O–H groups in total. The molecule has 1 aliphatic rings. The summed E-state index contributed by atoms with van der Waals surface area (Å²) in [5, 5.41) is 8.41. The maximum Gasteiger partial charge on any atom is 0.287 e. The highest BCUT2D eigenvalue weighted by Crippen LogP contribution is 2.28. The Balaban J connectivity index is 1.24. The highest BCUT2D eigenvalue weighted by Gasteiger charge is 2.31. The molecule has 3 aromatic heterocycles. The zero-order chi connectivity index (χ0) is 26.6. The maximum atomic E-state index is 12.9. The van der Waals surface area contributed by atoms with E-state index in [1.54, 1.807) is 49.6 Å². The zero-order valence-corrected chi connectivity index (χ0v) is 21.5. The minimum atomic E-state index is -0.582. The molecule has 0 spiro atoms. The summed E-state index contributed by atoms with van der Waals surface area (Å²) in [7, 11) is 1.58. The SMILES string of the molecule is CNC(=O)C(NC(=O)c1ccc(-c2ccc(NC(=O)c3cn4cccc(C)c4n3)cc2)o1)C1CCCCC1. The average molecular weight is 514 g/mol. The Morgan fingerprint density at radius 2 is 1.76 bits per heavy atom. The number of fused-ring (bicyclic) bond motifs is 1. The van der Waals surface area contributed by atoms with Crippen molar-refractivity contribution in [2.75, 3.05) is 12.4 Å². The number of nitrogens with one attached hydrogen (secondary N) is 3. The number of nitrogens with zero attached hydrogens (tertiary/aromatic N) is 2. The third-order valence-corrected chi connectivity index (χ3v) is 7.10. The third-order valence-electron chi connectivity index (χ3n) is 7.10. The minimum absolute atomic E-state index is 0.120. The van der Waals surface area contributed by atoms with Crippen molar-refractivity contribution in [2.24, 2.45) is 5.92 Å². The van der Waals surface area contributed by atoms with E-state index >= 15 is 0 Å². The number of aromatic nitrogens is 2. The first kappa shape index (κ1) is 25.3. The van der Waals surface area contributed by atoms with Gasteiger partial charge in [0.05, 0.1) is 0 Å². The van der Waals surface area contributed by atoms with Crippen LogP contribution in [0.15, 0.2) is 65.3 Å². The fraction of sp³-hybridized carbons (Fsp3) is 0.310. The van der Waals surface area contributed by atoms with Crippen LogP contribution in [0.5, 0.6) is 0 Å². The normalized spacial score (nSPS) is 14.7. The van der Waals surface area contributed by atoms with E-state index in [0.717, 1.165) is 48.9 Å². The second-order valence-electron chi connectivity index (χ2n) is 9.71. The molecule has 4 aromatic rings. The lowest BCUT2D eigenvalue weighted by Crippen LogP contribution is -2.50. The Hall–Kier alpha value is -4.40. The van der Waals surface area contributed by atoms with Gasteiger partial charge in [-0.2, -0.15) is 0 Å². The molecule has 0 radical (unpaired) electrons. The Kier molecular flexibility index (Phi) is 7.26. The van der Waals surface area contributed by atoms with Crippen LogP contribution in [0, 0.1) is 12.8 Å². The van der Waals surface area contributed by atoms with Crippen LogP contribution in [0.4, 0.5) is 5.69 Å². The van der Waals surface area contributed by atoms with Crippen molar-refractivity contribution < 1.29 is 18.8 Å². The first-order chi connectivity index (χ1) is 18.4. The second kappa shape index (κ2) is 10.9. The number of furan rings is 1. The molecule has 3 amide bonds. The number of carbonyl (C=O) groups excluding carboxylic acids is 3. The maximum absolute atomic E-state index is 12.9. The van der Waals surface area contributed by atoms with Gasteiger partial charge in [-0.1, -0.05) is 25.3 Å². The highest BCUT2D eigenvalue weighted by atomic mass is 16.4. The Bertz CT molecular complexity index is 1460. The van der Waals surface area contributed by atoms with E-state index in [2.05, 4.69) is 20.9 Å². The molecule has 0 bridgehead atoms. The smallest absolute Gasteiger partial charge is 0.287 e. The van der Waals surface area contributed by atoms with E-state index in [-0.39, 0.29) is 23.5 Å². The van der Waals surface area contributed by atoms with Crippen LogP contribution in [-0.2, 0) is 4.79 Å². The molecular formula is C29H31N5O4. The molecule has 0 saturated heterocycles.